The number of hydrogen-bond acceptors (Lipinski definition) is 1. The normalized spacial score (nSPS) is 17.0. The first-order valence-corrected chi connectivity index (χ1v) is 17.5. The fourth-order valence-electron chi connectivity index (χ4n) is 8.62. The highest BCUT2D eigenvalue weighted by molar-refractivity contribution is 6.02. The second-order valence-electron chi connectivity index (χ2n) is 14.0. The summed E-state index contributed by atoms with van der Waals surface area (Å²) in [6, 6.07) is 49.6. The minimum atomic E-state index is -0.101. The van der Waals surface area contributed by atoms with E-state index in [4.69, 9.17) is 0 Å². The van der Waals surface area contributed by atoms with Crippen LogP contribution in [0.2, 0.25) is 0 Å². The number of rotatable bonds is 5. The molecule has 0 saturated heterocycles. The van der Waals surface area contributed by atoms with Crippen molar-refractivity contribution in [1.29, 1.82) is 0 Å². The van der Waals surface area contributed by atoms with Gasteiger partial charge in [0.25, 0.3) is 0 Å². The van der Waals surface area contributed by atoms with Gasteiger partial charge in [0.2, 0.25) is 0 Å². The van der Waals surface area contributed by atoms with Crippen molar-refractivity contribution in [3.05, 3.63) is 186 Å². The van der Waals surface area contributed by atoms with E-state index in [1.165, 1.54) is 78.1 Å². The Bertz CT molecular complexity index is 2350. The number of anilines is 3. The van der Waals surface area contributed by atoms with E-state index in [1.54, 1.807) is 0 Å². The summed E-state index contributed by atoms with van der Waals surface area (Å²) in [5.74, 6) is 0.337. The molecule has 1 nitrogen and oxygen atoms in total. The first-order chi connectivity index (χ1) is 24.0. The Morgan fingerprint density at radius 1 is 0.633 bits per heavy atom. The van der Waals surface area contributed by atoms with E-state index in [-0.39, 0.29) is 5.41 Å². The molecular weight excluding hydrogens is 591 g/mol. The van der Waals surface area contributed by atoms with Gasteiger partial charge in [-0.15, -0.1) is 0 Å². The van der Waals surface area contributed by atoms with E-state index in [1.807, 2.05) is 0 Å². The second kappa shape index (κ2) is 11.5. The largest absolute Gasteiger partial charge is 0.310 e. The lowest BCUT2D eigenvalue weighted by Crippen LogP contribution is -2.19. The van der Waals surface area contributed by atoms with Crippen LogP contribution < -0.4 is 4.90 Å². The lowest BCUT2D eigenvalue weighted by molar-refractivity contribution is 0.660. The van der Waals surface area contributed by atoms with E-state index in [9.17, 15) is 0 Å². The summed E-state index contributed by atoms with van der Waals surface area (Å²) in [4.78, 5) is 2.51. The minimum absolute atomic E-state index is 0.101. The van der Waals surface area contributed by atoms with Gasteiger partial charge in [-0.05, 0) is 105 Å². The minimum Gasteiger partial charge on any atom is -0.310 e. The number of fused-ring (bicyclic) bond motifs is 5. The number of nitrogens with zero attached hydrogens (tertiary/aromatic N) is 1. The molecule has 49 heavy (non-hydrogen) atoms. The molecule has 1 unspecified atom stereocenters. The first kappa shape index (κ1) is 29.5. The monoisotopic (exact) mass is 629 g/mol. The Balaban J connectivity index is 1.32. The molecule has 0 fully saturated rings. The molecule has 0 aliphatic heterocycles. The Kier molecular flexibility index (Phi) is 6.91. The van der Waals surface area contributed by atoms with Crippen LogP contribution in [-0.2, 0) is 5.41 Å². The maximum atomic E-state index is 2.51. The van der Waals surface area contributed by atoms with Crippen LogP contribution in [0.1, 0.15) is 60.9 Å². The molecule has 3 aliphatic rings. The van der Waals surface area contributed by atoms with Crippen LogP contribution in [0.15, 0.2) is 158 Å². The van der Waals surface area contributed by atoms with Crippen LogP contribution in [0, 0.1) is 0 Å². The number of allylic oxidation sites excluding steroid dienone is 5. The van der Waals surface area contributed by atoms with Crippen molar-refractivity contribution in [2.45, 2.75) is 38.5 Å². The molecule has 6 aromatic rings. The molecule has 0 heterocycles. The fourth-order valence-corrected chi connectivity index (χ4v) is 8.62. The Morgan fingerprint density at radius 2 is 1.35 bits per heavy atom. The maximum absolute atomic E-state index is 2.51. The molecule has 1 heteroatoms. The summed E-state index contributed by atoms with van der Waals surface area (Å²) in [6.07, 6.45) is 12.4. The van der Waals surface area contributed by atoms with Gasteiger partial charge in [0, 0.05) is 28.3 Å². The van der Waals surface area contributed by atoms with Crippen LogP contribution in [0.25, 0.3) is 45.0 Å². The number of hydrogen-bond donors (Lipinski definition) is 0. The predicted octanol–water partition coefficient (Wildman–Crippen LogP) is 13.3. The van der Waals surface area contributed by atoms with Gasteiger partial charge in [-0.2, -0.15) is 0 Å². The van der Waals surface area contributed by atoms with Crippen molar-refractivity contribution in [1.82, 2.24) is 0 Å². The Morgan fingerprint density at radius 3 is 2.22 bits per heavy atom. The molecule has 9 rings (SSSR count). The third-order valence-corrected chi connectivity index (χ3v) is 10.9. The second-order valence-corrected chi connectivity index (χ2v) is 14.0. The van der Waals surface area contributed by atoms with Crippen LogP contribution in [0.4, 0.5) is 17.1 Å². The summed E-state index contributed by atoms with van der Waals surface area (Å²) < 4.78 is 0. The molecule has 0 spiro atoms. The number of benzene rings is 6. The van der Waals surface area contributed by atoms with Crippen molar-refractivity contribution in [3.8, 4) is 33.4 Å². The standard InChI is InChI=1S/C48H39N/c1-4-5-21-37-40-23-12-17-33-18-13-25-42(46(33)40)47-41(37)24-14-27-45(47)49(35-20-11-19-34(30-35)32-15-7-6-8-16-32)36-28-29-39-38-22-9-10-26-43(38)48(2,3)44(39)31-36/h4-22,24-31,40H,23H2,1-3H3/b5-4-,37-21+. The van der Waals surface area contributed by atoms with Gasteiger partial charge in [-0.25, -0.2) is 0 Å². The molecule has 6 aromatic carbocycles. The molecule has 3 aliphatic carbocycles. The maximum Gasteiger partial charge on any atom is 0.0546 e. The fraction of sp³-hybridized carbons (Fsp3) is 0.125. The van der Waals surface area contributed by atoms with Gasteiger partial charge in [-0.1, -0.05) is 147 Å². The molecule has 236 valence electrons. The average molecular weight is 630 g/mol. The zero-order chi connectivity index (χ0) is 33.1. The lowest BCUT2D eigenvalue weighted by Gasteiger charge is -2.37. The van der Waals surface area contributed by atoms with Crippen molar-refractivity contribution < 1.29 is 0 Å². The molecule has 0 bridgehead atoms. The molecule has 0 saturated carbocycles. The molecule has 0 radical (unpaired) electrons. The zero-order valence-electron chi connectivity index (χ0n) is 28.3. The zero-order valence-corrected chi connectivity index (χ0v) is 28.3. The molecule has 0 N–H and O–H groups in total. The highest BCUT2D eigenvalue weighted by atomic mass is 15.1. The smallest absolute Gasteiger partial charge is 0.0546 e. The summed E-state index contributed by atoms with van der Waals surface area (Å²) in [5, 5.41) is 0. The predicted molar refractivity (Wildman–Crippen MR) is 209 cm³/mol. The van der Waals surface area contributed by atoms with Gasteiger partial charge in [0.05, 0.1) is 5.69 Å². The van der Waals surface area contributed by atoms with E-state index in [2.05, 4.69) is 190 Å². The van der Waals surface area contributed by atoms with Crippen LogP contribution >= 0.6 is 0 Å². The summed E-state index contributed by atoms with van der Waals surface area (Å²) in [5.41, 5.74) is 19.4. The Hall–Kier alpha value is -5.66. The highest BCUT2D eigenvalue weighted by Gasteiger charge is 2.37. The topological polar surface area (TPSA) is 3.24 Å². The van der Waals surface area contributed by atoms with Gasteiger partial charge in [0.15, 0.2) is 0 Å². The summed E-state index contributed by atoms with van der Waals surface area (Å²) in [6.45, 7) is 6.84. The molecule has 0 amide bonds. The average Bonchev–Trinajstić information content (AvgIpc) is 3.38. The van der Waals surface area contributed by atoms with Crippen LogP contribution in [0.3, 0.4) is 0 Å². The van der Waals surface area contributed by atoms with Crippen LogP contribution in [0.5, 0.6) is 0 Å². The van der Waals surface area contributed by atoms with Crippen molar-refractivity contribution in [2.75, 3.05) is 4.90 Å². The van der Waals surface area contributed by atoms with Crippen molar-refractivity contribution in [2.24, 2.45) is 0 Å². The van der Waals surface area contributed by atoms with E-state index in [0.29, 0.717) is 5.92 Å². The summed E-state index contributed by atoms with van der Waals surface area (Å²) >= 11 is 0. The van der Waals surface area contributed by atoms with Gasteiger partial charge in [0.1, 0.15) is 0 Å². The van der Waals surface area contributed by atoms with Crippen molar-refractivity contribution >= 4 is 28.7 Å². The Labute approximate surface area is 290 Å². The van der Waals surface area contributed by atoms with E-state index >= 15 is 0 Å². The van der Waals surface area contributed by atoms with Crippen LogP contribution in [-0.4, -0.2) is 0 Å². The van der Waals surface area contributed by atoms with Gasteiger partial charge < -0.3 is 4.90 Å². The van der Waals surface area contributed by atoms with E-state index in [0.717, 1.165) is 12.1 Å². The molecular formula is C48H39N. The van der Waals surface area contributed by atoms with E-state index < -0.39 is 0 Å². The lowest BCUT2D eigenvalue weighted by atomic mass is 9.70. The first-order valence-electron chi connectivity index (χ1n) is 17.5. The summed E-state index contributed by atoms with van der Waals surface area (Å²) in [7, 11) is 0. The highest BCUT2D eigenvalue weighted by Crippen LogP contribution is 2.56. The molecule has 1 atom stereocenters. The van der Waals surface area contributed by atoms with Gasteiger partial charge >= 0.3 is 0 Å². The van der Waals surface area contributed by atoms with Crippen molar-refractivity contribution in [3.63, 3.8) is 0 Å². The third-order valence-electron chi connectivity index (χ3n) is 10.9. The SMILES string of the molecule is C/C=C\C=C1\c2cccc(N(c3cccc(-c4ccccc4)c3)c3ccc4c(c3)C(C)(C)c3ccccc3-4)c2-c2cccc3c2C1CC=C3. The third kappa shape index (κ3) is 4.60. The molecule has 0 aromatic heterocycles. The van der Waals surface area contributed by atoms with Gasteiger partial charge in [-0.3, -0.25) is 0 Å². The quantitative estimate of drug-likeness (QED) is 0.183.